The van der Waals surface area contributed by atoms with Crippen molar-refractivity contribution in [3.05, 3.63) is 42.7 Å². The predicted molar refractivity (Wildman–Crippen MR) is 102 cm³/mol. The van der Waals surface area contributed by atoms with Gasteiger partial charge in [0.25, 0.3) is 0 Å². The maximum absolute atomic E-state index is 12.9. The summed E-state index contributed by atoms with van der Waals surface area (Å²) in [6.45, 7) is 8.51. The van der Waals surface area contributed by atoms with Crippen LogP contribution in [0.1, 0.15) is 45.0 Å². The number of piperidine rings is 1. The predicted octanol–water partition coefficient (Wildman–Crippen LogP) is 2.80. The highest BCUT2D eigenvalue weighted by Gasteiger charge is 2.26. The summed E-state index contributed by atoms with van der Waals surface area (Å²) in [6.07, 6.45) is 4.52. The average Bonchev–Trinajstić information content (AvgIpc) is 3.00. The van der Waals surface area contributed by atoms with Crippen molar-refractivity contribution in [2.24, 2.45) is 0 Å². The van der Waals surface area contributed by atoms with E-state index in [9.17, 15) is 9.59 Å². The van der Waals surface area contributed by atoms with E-state index in [4.69, 9.17) is 0 Å². The summed E-state index contributed by atoms with van der Waals surface area (Å²) in [6, 6.07) is 7.69. The molecule has 1 aliphatic heterocycles. The molecule has 3 rings (SSSR count). The van der Waals surface area contributed by atoms with E-state index >= 15 is 0 Å². The lowest BCUT2D eigenvalue weighted by atomic mass is 10.0. The molecule has 6 heteroatoms. The first-order valence-corrected chi connectivity index (χ1v) is 9.19. The zero-order valence-corrected chi connectivity index (χ0v) is 15.4. The Hall–Kier alpha value is -2.63. The number of para-hydroxylation sites is 2. The van der Waals surface area contributed by atoms with Crippen LogP contribution in [0.3, 0.4) is 0 Å². The molecule has 1 aromatic heterocycles. The van der Waals surface area contributed by atoms with E-state index in [0.29, 0.717) is 5.82 Å². The maximum atomic E-state index is 12.9. The summed E-state index contributed by atoms with van der Waals surface area (Å²) in [7, 11) is 0. The van der Waals surface area contributed by atoms with Gasteiger partial charge >= 0.3 is 0 Å². The monoisotopic (exact) mass is 354 g/mol. The molecule has 138 valence electrons. The first-order chi connectivity index (χ1) is 12.5. The van der Waals surface area contributed by atoms with Crippen LogP contribution < -0.4 is 5.32 Å². The number of amides is 2. The first-order valence-electron chi connectivity index (χ1n) is 9.19. The van der Waals surface area contributed by atoms with Crippen molar-refractivity contribution in [2.75, 3.05) is 6.54 Å². The van der Waals surface area contributed by atoms with Crippen molar-refractivity contribution in [3.63, 3.8) is 0 Å². The fourth-order valence-corrected chi connectivity index (χ4v) is 3.62. The number of rotatable bonds is 5. The molecule has 0 saturated carbocycles. The van der Waals surface area contributed by atoms with Crippen molar-refractivity contribution >= 4 is 22.8 Å². The van der Waals surface area contributed by atoms with Crippen LogP contribution in [0, 0.1) is 0 Å². The topological polar surface area (TPSA) is 67.2 Å². The summed E-state index contributed by atoms with van der Waals surface area (Å²) >= 11 is 0. The number of carbonyl (C=O) groups is 2. The Morgan fingerprint density at radius 3 is 2.88 bits per heavy atom. The van der Waals surface area contributed by atoms with Gasteiger partial charge in [-0.1, -0.05) is 18.7 Å². The molecule has 0 bridgehead atoms. The second kappa shape index (κ2) is 7.72. The summed E-state index contributed by atoms with van der Waals surface area (Å²) in [5, 5.41) is 2.84. The van der Waals surface area contributed by atoms with E-state index in [1.54, 1.807) is 0 Å². The Morgan fingerprint density at radius 2 is 2.15 bits per heavy atom. The quantitative estimate of drug-likeness (QED) is 0.840. The third kappa shape index (κ3) is 3.64. The van der Waals surface area contributed by atoms with Crippen molar-refractivity contribution in [1.29, 1.82) is 0 Å². The highest BCUT2D eigenvalue weighted by molar-refractivity contribution is 5.87. The number of nitrogens with one attached hydrogen (secondary N) is 1. The van der Waals surface area contributed by atoms with Gasteiger partial charge in [0.1, 0.15) is 12.4 Å². The first kappa shape index (κ1) is 18.2. The standard InChI is InChI=1S/C20H26N4O2/c1-4-18(25)21-15(3)20-22-16-10-5-6-11-17(16)24(20)13-19(26)23-12-8-7-9-14(23)2/h4-6,10-11,14-15H,1,7-9,12-13H2,2-3H3,(H,21,25). The maximum Gasteiger partial charge on any atom is 0.243 e. The SMILES string of the molecule is C=CC(=O)NC(C)c1nc2ccccc2n1CC(=O)N1CCCCC1C. The van der Waals surface area contributed by atoms with Crippen LogP contribution in [0.25, 0.3) is 11.0 Å². The lowest BCUT2D eigenvalue weighted by molar-refractivity contribution is -0.135. The Bertz CT molecular complexity index is 826. The van der Waals surface area contributed by atoms with E-state index in [1.165, 1.54) is 12.5 Å². The van der Waals surface area contributed by atoms with Crippen LogP contribution in [-0.2, 0) is 16.1 Å². The number of imidazole rings is 1. The summed E-state index contributed by atoms with van der Waals surface area (Å²) in [5.74, 6) is 0.523. The normalized spacial score (nSPS) is 18.5. The van der Waals surface area contributed by atoms with Crippen molar-refractivity contribution in [3.8, 4) is 0 Å². The lowest BCUT2D eigenvalue weighted by Gasteiger charge is -2.33. The molecule has 2 heterocycles. The minimum Gasteiger partial charge on any atom is -0.343 e. The van der Waals surface area contributed by atoms with E-state index in [0.717, 1.165) is 30.4 Å². The van der Waals surface area contributed by atoms with E-state index in [2.05, 4.69) is 23.8 Å². The molecule has 26 heavy (non-hydrogen) atoms. The zero-order valence-electron chi connectivity index (χ0n) is 15.4. The molecule has 2 unspecified atom stereocenters. The van der Waals surface area contributed by atoms with Crippen LogP contribution in [0.4, 0.5) is 0 Å². The molecule has 1 saturated heterocycles. The molecule has 0 aliphatic carbocycles. The third-order valence-electron chi connectivity index (χ3n) is 5.03. The number of aromatic nitrogens is 2. The number of nitrogens with zero attached hydrogens (tertiary/aromatic N) is 3. The van der Waals surface area contributed by atoms with Gasteiger partial charge in [-0.15, -0.1) is 0 Å². The number of benzene rings is 1. The third-order valence-corrected chi connectivity index (χ3v) is 5.03. The number of hydrogen-bond acceptors (Lipinski definition) is 3. The van der Waals surface area contributed by atoms with Crippen LogP contribution in [0.2, 0.25) is 0 Å². The largest absolute Gasteiger partial charge is 0.343 e. The minimum atomic E-state index is -0.320. The van der Waals surface area contributed by atoms with E-state index in [-0.39, 0.29) is 30.4 Å². The number of likely N-dealkylation sites (tertiary alicyclic amines) is 1. The van der Waals surface area contributed by atoms with E-state index < -0.39 is 0 Å². The zero-order chi connectivity index (χ0) is 18.7. The number of fused-ring (bicyclic) bond motifs is 1. The Balaban J connectivity index is 1.92. The summed E-state index contributed by atoms with van der Waals surface area (Å²) in [4.78, 5) is 31.3. The van der Waals surface area contributed by atoms with Crippen LogP contribution in [0.15, 0.2) is 36.9 Å². The smallest absolute Gasteiger partial charge is 0.243 e. The highest BCUT2D eigenvalue weighted by atomic mass is 16.2. The van der Waals surface area contributed by atoms with Crippen LogP contribution in [-0.4, -0.2) is 38.9 Å². The van der Waals surface area contributed by atoms with Crippen molar-refractivity contribution < 1.29 is 9.59 Å². The van der Waals surface area contributed by atoms with Gasteiger partial charge in [0.15, 0.2) is 0 Å². The molecule has 1 N–H and O–H groups in total. The molecule has 1 aliphatic rings. The Kier molecular flexibility index (Phi) is 5.40. The van der Waals surface area contributed by atoms with Gasteiger partial charge in [-0.3, -0.25) is 9.59 Å². The van der Waals surface area contributed by atoms with Crippen LogP contribution in [0.5, 0.6) is 0 Å². The molecule has 0 spiro atoms. The summed E-state index contributed by atoms with van der Waals surface area (Å²) < 4.78 is 1.92. The van der Waals surface area contributed by atoms with Crippen molar-refractivity contribution in [2.45, 2.75) is 51.7 Å². The molecule has 6 nitrogen and oxygen atoms in total. The second-order valence-electron chi connectivity index (χ2n) is 6.91. The number of hydrogen-bond donors (Lipinski definition) is 1. The van der Waals surface area contributed by atoms with Gasteiger partial charge in [-0.25, -0.2) is 4.98 Å². The Morgan fingerprint density at radius 1 is 1.38 bits per heavy atom. The molecular weight excluding hydrogens is 328 g/mol. The molecule has 1 fully saturated rings. The van der Waals surface area contributed by atoms with Gasteiger partial charge in [0, 0.05) is 12.6 Å². The van der Waals surface area contributed by atoms with Gasteiger partial charge in [-0.2, -0.15) is 0 Å². The second-order valence-corrected chi connectivity index (χ2v) is 6.91. The van der Waals surface area contributed by atoms with Gasteiger partial charge in [-0.05, 0) is 51.3 Å². The molecule has 0 radical (unpaired) electrons. The fourth-order valence-electron chi connectivity index (χ4n) is 3.62. The summed E-state index contributed by atoms with van der Waals surface area (Å²) in [5.41, 5.74) is 1.72. The number of carbonyl (C=O) groups excluding carboxylic acids is 2. The molecule has 2 aromatic rings. The van der Waals surface area contributed by atoms with Gasteiger partial charge in [0.05, 0.1) is 17.1 Å². The molecular formula is C20H26N4O2. The fraction of sp³-hybridized carbons (Fsp3) is 0.450. The van der Waals surface area contributed by atoms with Crippen molar-refractivity contribution in [1.82, 2.24) is 19.8 Å². The Labute approximate surface area is 153 Å². The minimum absolute atomic E-state index is 0.101. The lowest BCUT2D eigenvalue weighted by Crippen LogP contribution is -2.43. The highest BCUT2D eigenvalue weighted by Crippen LogP contribution is 2.23. The van der Waals surface area contributed by atoms with Gasteiger partial charge < -0.3 is 14.8 Å². The average molecular weight is 354 g/mol. The molecule has 1 aromatic carbocycles. The molecule has 2 atom stereocenters. The van der Waals surface area contributed by atoms with Gasteiger partial charge in [0.2, 0.25) is 11.8 Å². The van der Waals surface area contributed by atoms with E-state index in [1.807, 2.05) is 40.7 Å². The molecule has 2 amide bonds. The van der Waals surface area contributed by atoms with Crippen LogP contribution >= 0.6 is 0 Å².